The van der Waals surface area contributed by atoms with E-state index in [9.17, 15) is 14.0 Å². The lowest BCUT2D eigenvalue weighted by Crippen LogP contribution is -2.17. The van der Waals surface area contributed by atoms with Crippen molar-refractivity contribution in [3.05, 3.63) is 28.5 Å². The molecule has 0 saturated heterocycles. The van der Waals surface area contributed by atoms with Crippen LogP contribution in [0.2, 0.25) is 5.02 Å². The normalized spacial score (nSPS) is 12.1. The van der Waals surface area contributed by atoms with Gasteiger partial charge in [-0.1, -0.05) is 18.5 Å². The number of thioether (sulfide) groups is 1. The van der Waals surface area contributed by atoms with Gasteiger partial charge in [0.15, 0.2) is 0 Å². The number of ether oxygens (including phenoxy) is 1. The first-order chi connectivity index (χ1) is 9.36. The summed E-state index contributed by atoms with van der Waals surface area (Å²) in [5, 5.41) is -1.32. The summed E-state index contributed by atoms with van der Waals surface area (Å²) in [5.41, 5.74) is -0.271. The van der Waals surface area contributed by atoms with Gasteiger partial charge in [0.25, 0.3) is 5.24 Å². The standard InChI is InChI=1S/C13H13Cl2FO3S/c1-3-4-19-13(18)7(2)20-11-5-8(12(15)17)10(16)6-9(11)14/h5-7H,3-4H2,1-2H3. The highest BCUT2D eigenvalue weighted by molar-refractivity contribution is 8.00. The van der Waals surface area contributed by atoms with Crippen LogP contribution in [0, 0.1) is 5.82 Å². The van der Waals surface area contributed by atoms with Crippen LogP contribution in [-0.4, -0.2) is 23.1 Å². The minimum absolute atomic E-state index is 0.115. The summed E-state index contributed by atoms with van der Waals surface area (Å²) < 4.78 is 18.4. The summed E-state index contributed by atoms with van der Waals surface area (Å²) in [4.78, 5) is 23.1. The van der Waals surface area contributed by atoms with Gasteiger partial charge >= 0.3 is 5.97 Å². The molecular weight excluding hydrogens is 326 g/mol. The maximum Gasteiger partial charge on any atom is 0.319 e. The predicted molar refractivity (Wildman–Crippen MR) is 78.2 cm³/mol. The number of hydrogen-bond acceptors (Lipinski definition) is 4. The Morgan fingerprint density at radius 1 is 1.45 bits per heavy atom. The van der Waals surface area contributed by atoms with Crippen molar-refractivity contribution in [1.29, 1.82) is 0 Å². The van der Waals surface area contributed by atoms with Crippen LogP contribution in [0.3, 0.4) is 0 Å². The van der Waals surface area contributed by atoms with Crippen LogP contribution < -0.4 is 0 Å². The summed E-state index contributed by atoms with van der Waals surface area (Å²) in [6, 6.07) is 2.24. The molecule has 0 spiro atoms. The number of esters is 1. The molecule has 0 saturated carbocycles. The molecule has 110 valence electrons. The summed E-state index contributed by atoms with van der Waals surface area (Å²) in [7, 11) is 0. The third-order valence-corrected chi connectivity index (χ3v) is 4.08. The Morgan fingerprint density at radius 2 is 2.10 bits per heavy atom. The van der Waals surface area contributed by atoms with E-state index in [0.29, 0.717) is 11.5 Å². The molecule has 0 heterocycles. The average Bonchev–Trinajstić information content (AvgIpc) is 2.38. The van der Waals surface area contributed by atoms with E-state index in [-0.39, 0.29) is 10.6 Å². The minimum atomic E-state index is -0.915. The van der Waals surface area contributed by atoms with Crippen molar-refractivity contribution < 1.29 is 18.7 Å². The third kappa shape index (κ3) is 4.65. The molecule has 1 aromatic rings. The van der Waals surface area contributed by atoms with Crippen molar-refractivity contribution in [1.82, 2.24) is 0 Å². The molecule has 0 amide bonds. The Morgan fingerprint density at radius 3 is 2.65 bits per heavy atom. The highest BCUT2D eigenvalue weighted by atomic mass is 35.5. The number of benzene rings is 1. The fourth-order valence-corrected chi connectivity index (χ4v) is 2.66. The molecule has 1 aromatic carbocycles. The molecule has 0 aliphatic carbocycles. The summed E-state index contributed by atoms with van der Waals surface area (Å²) in [6.07, 6.45) is 0.728. The Kier molecular flexibility index (Phi) is 6.79. The SMILES string of the molecule is CCCOC(=O)C(C)Sc1cc(C(=O)Cl)c(F)cc1Cl. The number of halogens is 3. The van der Waals surface area contributed by atoms with Gasteiger partial charge in [-0.05, 0) is 37.1 Å². The molecule has 0 radical (unpaired) electrons. The van der Waals surface area contributed by atoms with E-state index in [1.54, 1.807) is 6.92 Å². The zero-order valence-corrected chi connectivity index (χ0v) is 13.2. The lowest BCUT2D eigenvalue weighted by atomic mass is 10.2. The summed E-state index contributed by atoms with van der Waals surface area (Å²) in [6.45, 7) is 3.87. The largest absolute Gasteiger partial charge is 0.465 e. The van der Waals surface area contributed by atoms with E-state index >= 15 is 0 Å². The molecule has 0 aromatic heterocycles. The molecule has 3 nitrogen and oxygen atoms in total. The van der Waals surface area contributed by atoms with E-state index in [1.165, 1.54) is 6.07 Å². The van der Waals surface area contributed by atoms with Crippen LogP contribution in [0.4, 0.5) is 4.39 Å². The van der Waals surface area contributed by atoms with Crippen molar-refractivity contribution in [2.75, 3.05) is 6.61 Å². The van der Waals surface area contributed by atoms with Crippen LogP contribution in [-0.2, 0) is 9.53 Å². The first kappa shape index (κ1) is 17.3. The topological polar surface area (TPSA) is 43.4 Å². The second-order valence-corrected chi connectivity index (χ2v) is 6.10. The Bertz CT molecular complexity index is 523. The number of rotatable bonds is 6. The minimum Gasteiger partial charge on any atom is -0.465 e. The lowest BCUT2D eigenvalue weighted by Gasteiger charge is -2.12. The van der Waals surface area contributed by atoms with E-state index in [1.807, 2.05) is 6.92 Å². The maximum absolute atomic E-state index is 13.5. The molecular formula is C13H13Cl2FO3S. The smallest absolute Gasteiger partial charge is 0.319 e. The fourth-order valence-electron chi connectivity index (χ4n) is 1.33. The van der Waals surface area contributed by atoms with Crippen LogP contribution in [0.1, 0.15) is 30.6 Å². The van der Waals surface area contributed by atoms with Gasteiger partial charge in [0.2, 0.25) is 0 Å². The molecule has 0 aliphatic heterocycles. The second-order valence-electron chi connectivity index (χ2n) is 3.96. The van der Waals surface area contributed by atoms with Crippen LogP contribution in [0.15, 0.2) is 17.0 Å². The lowest BCUT2D eigenvalue weighted by molar-refractivity contribution is -0.142. The quantitative estimate of drug-likeness (QED) is 0.440. The molecule has 0 aliphatic rings. The first-order valence-electron chi connectivity index (χ1n) is 5.89. The molecule has 0 bridgehead atoms. The van der Waals surface area contributed by atoms with Gasteiger partial charge in [-0.15, -0.1) is 11.8 Å². The maximum atomic E-state index is 13.5. The highest BCUT2D eigenvalue weighted by Gasteiger charge is 2.20. The fraction of sp³-hybridized carbons (Fsp3) is 0.385. The van der Waals surface area contributed by atoms with Crippen molar-refractivity contribution in [3.8, 4) is 0 Å². The van der Waals surface area contributed by atoms with E-state index < -0.39 is 22.3 Å². The monoisotopic (exact) mass is 338 g/mol. The third-order valence-electron chi connectivity index (χ3n) is 2.32. The Balaban J connectivity index is 2.89. The molecule has 7 heteroatoms. The van der Waals surface area contributed by atoms with Gasteiger partial charge < -0.3 is 4.74 Å². The number of hydrogen-bond donors (Lipinski definition) is 0. The van der Waals surface area contributed by atoms with Gasteiger partial charge in [0.05, 0.1) is 17.2 Å². The van der Waals surface area contributed by atoms with Crippen molar-refractivity contribution >= 4 is 46.2 Å². The summed E-state index contributed by atoms with van der Waals surface area (Å²) >= 11 is 12.3. The average molecular weight is 339 g/mol. The van der Waals surface area contributed by atoms with Crippen molar-refractivity contribution in [2.45, 2.75) is 30.4 Å². The van der Waals surface area contributed by atoms with Gasteiger partial charge in [0, 0.05) is 4.90 Å². The number of carbonyl (C=O) groups is 2. The molecule has 0 N–H and O–H groups in total. The predicted octanol–water partition coefficient (Wildman–Crippen LogP) is 4.29. The molecule has 20 heavy (non-hydrogen) atoms. The molecule has 0 fully saturated rings. The Hall–Kier alpha value is -0.780. The highest BCUT2D eigenvalue weighted by Crippen LogP contribution is 2.33. The van der Waals surface area contributed by atoms with Crippen LogP contribution in [0.25, 0.3) is 0 Å². The molecule has 1 atom stereocenters. The van der Waals surface area contributed by atoms with E-state index in [0.717, 1.165) is 24.2 Å². The zero-order chi connectivity index (χ0) is 15.3. The van der Waals surface area contributed by atoms with Gasteiger partial charge in [-0.2, -0.15) is 0 Å². The van der Waals surface area contributed by atoms with Crippen molar-refractivity contribution in [2.24, 2.45) is 0 Å². The molecule has 1 rings (SSSR count). The Labute approximate surface area is 130 Å². The first-order valence-corrected chi connectivity index (χ1v) is 7.52. The van der Waals surface area contributed by atoms with E-state index in [2.05, 4.69) is 0 Å². The van der Waals surface area contributed by atoms with Crippen molar-refractivity contribution in [3.63, 3.8) is 0 Å². The van der Waals surface area contributed by atoms with Gasteiger partial charge in [-0.3, -0.25) is 9.59 Å². The second kappa shape index (κ2) is 7.86. The van der Waals surface area contributed by atoms with E-state index in [4.69, 9.17) is 27.9 Å². The van der Waals surface area contributed by atoms with Gasteiger partial charge in [-0.25, -0.2) is 4.39 Å². The number of carbonyl (C=O) groups excluding carboxylic acids is 2. The van der Waals surface area contributed by atoms with Crippen LogP contribution in [0.5, 0.6) is 0 Å². The summed E-state index contributed by atoms with van der Waals surface area (Å²) in [5.74, 6) is -1.18. The molecule has 1 unspecified atom stereocenters. The van der Waals surface area contributed by atoms with Crippen LogP contribution >= 0.6 is 35.0 Å². The zero-order valence-electron chi connectivity index (χ0n) is 10.9. The van der Waals surface area contributed by atoms with Gasteiger partial charge in [0.1, 0.15) is 11.1 Å².